The summed E-state index contributed by atoms with van der Waals surface area (Å²) in [4.78, 5) is 25.5. The number of carbonyl (C=O) groups is 1. The van der Waals surface area contributed by atoms with E-state index in [9.17, 15) is 18.0 Å². The number of aryl methyl sites for hydroxylation is 1. The molecule has 0 radical (unpaired) electrons. The van der Waals surface area contributed by atoms with Gasteiger partial charge in [-0.25, -0.2) is 0 Å². The van der Waals surface area contributed by atoms with E-state index in [4.69, 9.17) is 0 Å². The zero-order chi connectivity index (χ0) is 24.0. The highest BCUT2D eigenvalue weighted by atomic mass is 32.1. The van der Waals surface area contributed by atoms with Crippen LogP contribution >= 0.6 is 11.3 Å². The molecule has 34 heavy (non-hydrogen) atoms. The average Bonchev–Trinajstić information content (AvgIpc) is 3.47. The molecule has 5 nitrogen and oxygen atoms in total. The van der Waals surface area contributed by atoms with E-state index in [1.165, 1.54) is 23.5 Å². The van der Waals surface area contributed by atoms with Gasteiger partial charge in [0.25, 0.3) is 5.91 Å². The highest BCUT2D eigenvalue weighted by molar-refractivity contribution is 7.14. The SMILES string of the molecule is Cc1cc(C2=NCc3sc(C(=O)N[C@@H]4CN(C)C[C@H]4c4ccccc4C(F)(F)F)cc32)ccn1. The van der Waals surface area contributed by atoms with E-state index in [1.54, 1.807) is 12.3 Å². The van der Waals surface area contributed by atoms with Gasteiger partial charge in [0.2, 0.25) is 0 Å². The monoisotopic (exact) mass is 484 g/mol. The number of thiophene rings is 1. The minimum absolute atomic E-state index is 0.223. The minimum atomic E-state index is -4.44. The Morgan fingerprint density at radius 3 is 2.74 bits per heavy atom. The summed E-state index contributed by atoms with van der Waals surface area (Å²) in [6, 6.07) is 10.9. The van der Waals surface area contributed by atoms with Crippen LogP contribution in [0.1, 0.15) is 48.4 Å². The van der Waals surface area contributed by atoms with Gasteiger partial charge in [-0.1, -0.05) is 18.2 Å². The van der Waals surface area contributed by atoms with Crippen molar-refractivity contribution in [3.8, 4) is 0 Å². The van der Waals surface area contributed by atoms with E-state index in [1.807, 2.05) is 37.1 Å². The summed E-state index contributed by atoms with van der Waals surface area (Å²) in [6.07, 6.45) is -2.71. The number of fused-ring (bicyclic) bond motifs is 1. The molecule has 2 atom stereocenters. The van der Waals surface area contributed by atoms with Crippen molar-refractivity contribution in [2.75, 3.05) is 20.1 Å². The second-order valence-corrected chi connectivity index (χ2v) is 9.93. The number of hydrogen-bond acceptors (Lipinski definition) is 5. The quantitative estimate of drug-likeness (QED) is 0.587. The van der Waals surface area contributed by atoms with Crippen LogP contribution in [0.25, 0.3) is 0 Å². The van der Waals surface area contributed by atoms with E-state index in [0.717, 1.165) is 33.5 Å². The molecular weight excluding hydrogens is 461 g/mol. The number of nitrogens with one attached hydrogen (secondary N) is 1. The van der Waals surface area contributed by atoms with E-state index < -0.39 is 23.7 Å². The van der Waals surface area contributed by atoms with Gasteiger partial charge in [-0.3, -0.25) is 14.8 Å². The lowest BCUT2D eigenvalue weighted by Crippen LogP contribution is -2.39. The van der Waals surface area contributed by atoms with E-state index >= 15 is 0 Å². The standard InChI is InChI=1S/C25H23F3N4OS/c1-14-9-15(7-8-29-14)23-17-10-21(34-22(17)11-30-23)24(33)31-20-13-32(2)12-18(20)16-5-3-4-6-19(16)25(26,27)28/h3-10,18,20H,11-13H2,1-2H3,(H,31,33)/t18-,20+/m0/s1. The van der Waals surface area contributed by atoms with Crippen LogP contribution in [0.2, 0.25) is 0 Å². The molecule has 1 N–H and O–H groups in total. The van der Waals surface area contributed by atoms with Crippen LogP contribution in [-0.2, 0) is 12.7 Å². The summed E-state index contributed by atoms with van der Waals surface area (Å²) < 4.78 is 40.9. The summed E-state index contributed by atoms with van der Waals surface area (Å²) in [5, 5.41) is 3.02. The lowest BCUT2D eigenvalue weighted by molar-refractivity contribution is -0.138. The summed E-state index contributed by atoms with van der Waals surface area (Å²) in [7, 11) is 1.86. The fourth-order valence-electron chi connectivity index (χ4n) is 4.81. The molecule has 1 saturated heterocycles. The van der Waals surface area contributed by atoms with E-state index in [-0.39, 0.29) is 11.5 Å². The predicted molar refractivity (Wildman–Crippen MR) is 126 cm³/mol. The number of halogens is 3. The Morgan fingerprint density at radius 2 is 1.97 bits per heavy atom. The Kier molecular flexibility index (Phi) is 5.77. The maximum atomic E-state index is 13.6. The first-order chi connectivity index (χ1) is 16.2. The molecule has 176 valence electrons. The molecule has 2 aliphatic rings. The van der Waals surface area contributed by atoms with Gasteiger partial charge in [-0.15, -0.1) is 11.3 Å². The molecule has 0 bridgehead atoms. The Hall–Kier alpha value is -3.04. The minimum Gasteiger partial charge on any atom is -0.347 e. The number of aliphatic imine (C=N–C) groups is 1. The molecule has 0 saturated carbocycles. The van der Waals surface area contributed by atoms with Crippen molar-refractivity contribution in [2.24, 2.45) is 4.99 Å². The number of nitrogens with zero attached hydrogens (tertiary/aromatic N) is 3. The van der Waals surface area contributed by atoms with Gasteiger partial charge in [0.15, 0.2) is 0 Å². The summed E-state index contributed by atoms with van der Waals surface area (Å²) in [5.74, 6) is -0.713. The maximum absolute atomic E-state index is 13.6. The summed E-state index contributed by atoms with van der Waals surface area (Å²) in [5.41, 5.74) is 3.20. The van der Waals surface area contributed by atoms with Gasteiger partial charge in [0.1, 0.15) is 0 Å². The van der Waals surface area contributed by atoms with Gasteiger partial charge >= 0.3 is 6.18 Å². The van der Waals surface area contributed by atoms with Crippen LogP contribution in [0.5, 0.6) is 0 Å². The van der Waals surface area contributed by atoms with Crippen molar-refractivity contribution in [3.63, 3.8) is 0 Å². The van der Waals surface area contributed by atoms with Crippen LogP contribution < -0.4 is 5.32 Å². The fraction of sp³-hybridized carbons (Fsp3) is 0.320. The van der Waals surface area contributed by atoms with Crippen LogP contribution in [0.4, 0.5) is 13.2 Å². The normalized spacial score (nSPS) is 20.3. The third-order valence-electron chi connectivity index (χ3n) is 6.32. The Balaban J connectivity index is 1.38. The first-order valence-corrected chi connectivity index (χ1v) is 11.8. The number of amides is 1. The molecule has 1 fully saturated rings. The van der Waals surface area contributed by atoms with Crippen LogP contribution in [0.15, 0.2) is 53.7 Å². The number of alkyl halides is 3. The number of carbonyl (C=O) groups excluding carboxylic acids is 1. The Bertz CT molecular complexity index is 1280. The Labute approximate surface area is 199 Å². The molecule has 1 aromatic carbocycles. The molecular formula is C25H23F3N4OS. The number of likely N-dealkylation sites (tertiary alicyclic amines) is 1. The third kappa shape index (κ3) is 4.25. The second-order valence-electron chi connectivity index (χ2n) is 8.79. The largest absolute Gasteiger partial charge is 0.416 e. The third-order valence-corrected chi connectivity index (χ3v) is 7.44. The van der Waals surface area contributed by atoms with Gasteiger partial charge in [-0.05, 0) is 43.8 Å². The topological polar surface area (TPSA) is 57.6 Å². The highest BCUT2D eigenvalue weighted by Gasteiger charge is 2.40. The number of likely N-dealkylation sites (N-methyl/N-ethyl adjacent to an activating group) is 1. The zero-order valence-corrected chi connectivity index (χ0v) is 19.5. The van der Waals surface area contributed by atoms with Gasteiger partial charge in [-0.2, -0.15) is 13.2 Å². The Morgan fingerprint density at radius 1 is 1.18 bits per heavy atom. The number of hydrogen-bond donors (Lipinski definition) is 1. The molecule has 9 heteroatoms. The number of aromatic nitrogens is 1. The molecule has 1 amide bonds. The number of benzene rings is 1. The van der Waals surface area contributed by atoms with Crippen molar-refractivity contribution >= 4 is 23.0 Å². The first kappa shape index (κ1) is 22.7. The van der Waals surface area contributed by atoms with Crippen molar-refractivity contribution in [1.82, 2.24) is 15.2 Å². The van der Waals surface area contributed by atoms with Crippen molar-refractivity contribution in [2.45, 2.75) is 31.6 Å². The number of pyridine rings is 1. The fourth-order valence-corrected chi connectivity index (χ4v) is 5.80. The molecule has 2 aromatic heterocycles. The summed E-state index contributed by atoms with van der Waals surface area (Å²) in [6.45, 7) is 3.35. The highest BCUT2D eigenvalue weighted by Crippen LogP contribution is 2.38. The van der Waals surface area contributed by atoms with Crippen LogP contribution in [0, 0.1) is 6.92 Å². The maximum Gasteiger partial charge on any atom is 0.416 e. The average molecular weight is 485 g/mol. The summed E-state index contributed by atoms with van der Waals surface area (Å²) >= 11 is 1.39. The van der Waals surface area contributed by atoms with E-state index in [2.05, 4.69) is 15.3 Å². The molecule has 3 aromatic rings. The lowest BCUT2D eigenvalue weighted by Gasteiger charge is -2.23. The molecule has 4 heterocycles. The molecule has 5 rings (SSSR count). The number of rotatable bonds is 4. The van der Waals surface area contributed by atoms with Crippen molar-refractivity contribution in [3.05, 3.63) is 86.4 Å². The van der Waals surface area contributed by atoms with Crippen LogP contribution in [0.3, 0.4) is 0 Å². The van der Waals surface area contributed by atoms with Crippen LogP contribution in [-0.4, -0.2) is 47.7 Å². The van der Waals surface area contributed by atoms with E-state index in [0.29, 0.717) is 24.5 Å². The van der Waals surface area contributed by atoms with Crippen molar-refractivity contribution in [1.29, 1.82) is 0 Å². The predicted octanol–water partition coefficient (Wildman–Crippen LogP) is 4.65. The van der Waals surface area contributed by atoms with Gasteiger partial charge < -0.3 is 10.2 Å². The lowest BCUT2D eigenvalue weighted by atomic mass is 9.90. The second kappa shape index (κ2) is 8.63. The molecule has 0 unspecified atom stereocenters. The first-order valence-electron chi connectivity index (χ1n) is 11.0. The molecule has 2 aliphatic heterocycles. The molecule has 0 aliphatic carbocycles. The zero-order valence-electron chi connectivity index (χ0n) is 18.7. The van der Waals surface area contributed by atoms with Gasteiger partial charge in [0, 0.05) is 52.9 Å². The van der Waals surface area contributed by atoms with Gasteiger partial charge in [0.05, 0.1) is 22.7 Å². The van der Waals surface area contributed by atoms with Crippen molar-refractivity contribution < 1.29 is 18.0 Å². The molecule has 0 spiro atoms. The smallest absolute Gasteiger partial charge is 0.347 e.